The lowest BCUT2D eigenvalue weighted by Crippen LogP contribution is -2.08. The molecule has 4 nitrogen and oxygen atoms in total. The maximum Gasteiger partial charge on any atom is 0.271 e. The van der Waals surface area contributed by atoms with Gasteiger partial charge in [-0.15, -0.1) is 0 Å². The van der Waals surface area contributed by atoms with E-state index < -0.39 is 4.92 Å². The van der Waals surface area contributed by atoms with E-state index in [0.29, 0.717) is 5.02 Å². The third kappa shape index (κ3) is 3.27. The zero-order valence-corrected chi connectivity index (χ0v) is 12.0. The predicted molar refractivity (Wildman–Crippen MR) is 81.3 cm³/mol. The van der Waals surface area contributed by atoms with Crippen molar-refractivity contribution in [2.24, 2.45) is 0 Å². The van der Waals surface area contributed by atoms with Crippen molar-refractivity contribution in [2.45, 2.75) is 19.9 Å². The fourth-order valence-corrected chi connectivity index (χ4v) is 2.17. The molecule has 0 radical (unpaired) electrons. The number of nitrogens with one attached hydrogen (secondary N) is 1. The number of hydrogen-bond donors (Lipinski definition) is 1. The Labute approximate surface area is 122 Å². The first kappa shape index (κ1) is 14.3. The molecule has 104 valence electrons. The van der Waals surface area contributed by atoms with Crippen LogP contribution in [0, 0.1) is 17.0 Å². The Morgan fingerprint density at radius 1 is 1.25 bits per heavy atom. The minimum atomic E-state index is -0.394. The number of nitrogens with zero attached hydrogens (tertiary/aromatic N) is 1. The number of non-ortho nitro benzene ring substituents is 1. The zero-order chi connectivity index (χ0) is 14.7. The molecule has 2 aromatic rings. The van der Waals surface area contributed by atoms with Gasteiger partial charge in [0.05, 0.1) is 4.92 Å². The van der Waals surface area contributed by atoms with Crippen molar-refractivity contribution in [3.05, 3.63) is 68.7 Å². The molecule has 1 N–H and O–H groups in total. The van der Waals surface area contributed by atoms with Crippen molar-refractivity contribution < 1.29 is 4.92 Å². The van der Waals surface area contributed by atoms with E-state index in [-0.39, 0.29) is 11.7 Å². The minimum absolute atomic E-state index is 0.00871. The van der Waals surface area contributed by atoms with Crippen LogP contribution in [0.1, 0.15) is 24.1 Å². The molecule has 0 aliphatic heterocycles. The number of nitro groups is 1. The van der Waals surface area contributed by atoms with Crippen LogP contribution in [0.4, 0.5) is 11.4 Å². The lowest BCUT2D eigenvalue weighted by molar-refractivity contribution is -0.384. The lowest BCUT2D eigenvalue weighted by Gasteiger charge is -2.17. The molecule has 0 saturated heterocycles. The molecule has 2 aromatic carbocycles. The first-order valence-electron chi connectivity index (χ1n) is 6.24. The van der Waals surface area contributed by atoms with Gasteiger partial charge in [0.15, 0.2) is 0 Å². The third-order valence-electron chi connectivity index (χ3n) is 3.15. The number of hydrogen-bond acceptors (Lipinski definition) is 3. The van der Waals surface area contributed by atoms with Crippen molar-refractivity contribution >= 4 is 23.0 Å². The van der Waals surface area contributed by atoms with Crippen LogP contribution in [-0.4, -0.2) is 4.92 Å². The number of nitro benzene ring substituents is 1. The van der Waals surface area contributed by atoms with Crippen LogP contribution in [0.25, 0.3) is 0 Å². The van der Waals surface area contributed by atoms with Crippen LogP contribution in [0.15, 0.2) is 42.5 Å². The van der Waals surface area contributed by atoms with Crippen LogP contribution < -0.4 is 5.32 Å². The number of anilines is 1. The number of benzene rings is 2. The summed E-state index contributed by atoms with van der Waals surface area (Å²) in [5.41, 5.74) is 2.83. The van der Waals surface area contributed by atoms with E-state index in [0.717, 1.165) is 16.8 Å². The van der Waals surface area contributed by atoms with Gasteiger partial charge < -0.3 is 5.32 Å². The molecule has 0 spiro atoms. The second kappa shape index (κ2) is 5.92. The van der Waals surface area contributed by atoms with E-state index in [4.69, 9.17) is 11.6 Å². The SMILES string of the molecule is Cc1ccc([N+](=O)[O-])cc1NC(C)c1cccc(Cl)c1. The fraction of sp³-hybridized carbons (Fsp3) is 0.200. The largest absolute Gasteiger partial charge is 0.378 e. The molecule has 0 bridgehead atoms. The molecular weight excluding hydrogens is 276 g/mol. The van der Waals surface area contributed by atoms with Gasteiger partial charge in [-0.2, -0.15) is 0 Å². The molecule has 20 heavy (non-hydrogen) atoms. The highest BCUT2D eigenvalue weighted by Crippen LogP contribution is 2.27. The third-order valence-corrected chi connectivity index (χ3v) is 3.39. The van der Waals surface area contributed by atoms with Crippen molar-refractivity contribution in [3.63, 3.8) is 0 Å². The summed E-state index contributed by atoms with van der Waals surface area (Å²) < 4.78 is 0. The summed E-state index contributed by atoms with van der Waals surface area (Å²) in [5.74, 6) is 0. The van der Waals surface area contributed by atoms with E-state index in [1.165, 1.54) is 6.07 Å². The molecule has 0 saturated carbocycles. The van der Waals surface area contributed by atoms with Crippen LogP contribution in [0.3, 0.4) is 0 Å². The monoisotopic (exact) mass is 290 g/mol. The zero-order valence-electron chi connectivity index (χ0n) is 11.3. The van der Waals surface area contributed by atoms with Gasteiger partial charge in [-0.05, 0) is 37.1 Å². The molecule has 0 aliphatic rings. The highest BCUT2D eigenvalue weighted by Gasteiger charge is 2.11. The van der Waals surface area contributed by atoms with E-state index >= 15 is 0 Å². The minimum Gasteiger partial charge on any atom is -0.378 e. The molecule has 1 unspecified atom stereocenters. The van der Waals surface area contributed by atoms with Crippen molar-refractivity contribution in [3.8, 4) is 0 Å². The number of halogens is 1. The Kier molecular flexibility index (Phi) is 4.25. The summed E-state index contributed by atoms with van der Waals surface area (Å²) in [6, 6.07) is 12.4. The predicted octanol–water partition coefficient (Wildman–Crippen LogP) is 4.73. The molecule has 0 aromatic heterocycles. The second-order valence-electron chi connectivity index (χ2n) is 4.68. The molecule has 0 amide bonds. The van der Waals surface area contributed by atoms with E-state index in [9.17, 15) is 10.1 Å². The highest BCUT2D eigenvalue weighted by atomic mass is 35.5. The molecule has 1 atom stereocenters. The lowest BCUT2D eigenvalue weighted by atomic mass is 10.1. The quantitative estimate of drug-likeness (QED) is 0.654. The number of aryl methyl sites for hydroxylation is 1. The average molecular weight is 291 g/mol. The molecule has 2 rings (SSSR count). The first-order chi connectivity index (χ1) is 9.47. The maximum absolute atomic E-state index is 10.8. The summed E-state index contributed by atoms with van der Waals surface area (Å²) in [6.07, 6.45) is 0. The Balaban J connectivity index is 2.25. The summed E-state index contributed by atoms with van der Waals surface area (Å²) in [6.45, 7) is 3.90. The van der Waals surface area contributed by atoms with Gasteiger partial charge in [0, 0.05) is 28.9 Å². The normalized spacial score (nSPS) is 11.9. The first-order valence-corrected chi connectivity index (χ1v) is 6.62. The van der Waals surface area contributed by atoms with Gasteiger partial charge in [-0.25, -0.2) is 0 Å². The highest BCUT2D eigenvalue weighted by molar-refractivity contribution is 6.30. The fourth-order valence-electron chi connectivity index (χ4n) is 1.97. The Bertz CT molecular complexity index is 644. The van der Waals surface area contributed by atoms with Crippen LogP contribution in [0.2, 0.25) is 5.02 Å². The topological polar surface area (TPSA) is 55.2 Å². The van der Waals surface area contributed by atoms with Crippen molar-refractivity contribution in [2.75, 3.05) is 5.32 Å². The summed E-state index contributed by atoms with van der Waals surface area (Å²) in [4.78, 5) is 10.4. The van der Waals surface area contributed by atoms with E-state index in [2.05, 4.69) is 5.32 Å². The Morgan fingerprint density at radius 2 is 2.00 bits per heavy atom. The summed E-state index contributed by atoms with van der Waals surface area (Å²) in [7, 11) is 0. The van der Waals surface area contributed by atoms with Gasteiger partial charge in [0.2, 0.25) is 0 Å². The van der Waals surface area contributed by atoms with Crippen molar-refractivity contribution in [1.29, 1.82) is 0 Å². The van der Waals surface area contributed by atoms with Crippen LogP contribution in [-0.2, 0) is 0 Å². The van der Waals surface area contributed by atoms with Crippen molar-refractivity contribution in [1.82, 2.24) is 0 Å². The van der Waals surface area contributed by atoms with Crippen LogP contribution >= 0.6 is 11.6 Å². The second-order valence-corrected chi connectivity index (χ2v) is 5.11. The summed E-state index contributed by atoms with van der Waals surface area (Å²) in [5, 5.41) is 14.8. The Morgan fingerprint density at radius 3 is 2.65 bits per heavy atom. The van der Waals surface area contributed by atoms with Gasteiger partial charge in [0.1, 0.15) is 0 Å². The Hall–Kier alpha value is -2.07. The maximum atomic E-state index is 10.8. The van der Waals surface area contributed by atoms with Gasteiger partial charge >= 0.3 is 0 Å². The van der Waals surface area contributed by atoms with Crippen LogP contribution in [0.5, 0.6) is 0 Å². The molecular formula is C15H15ClN2O2. The summed E-state index contributed by atoms with van der Waals surface area (Å²) >= 11 is 5.97. The van der Waals surface area contributed by atoms with E-state index in [1.807, 2.05) is 38.1 Å². The molecule has 5 heteroatoms. The van der Waals surface area contributed by atoms with Gasteiger partial charge in [-0.1, -0.05) is 29.8 Å². The van der Waals surface area contributed by atoms with Gasteiger partial charge in [0.25, 0.3) is 5.69 Å². The molecule has 0 heterocycles. The van der Waals surface area contributed by atoms with Gasteiger partial charge in [-0.3, -0.25) is 10.1 Å². The number of rotatable bonds is 4. The average Bonchev–Trinajstić information content (AvgIpc) is 2.41. The van der Waals surface area contributed by atoms with E-state index in [1.54, 1.807) is 12.1 Å². The smallest absolute Gasteiger partial charge is 0.271 e. The molecule has 0 fully saturated rings. The molecule has 0 aliphatic carbocycles. The standard InChI is InChI=1S/C15H15ClN2O2/c1-10-6-7-14(18(19)20)9-15(10)17-11(2)12-4-3-5-13(16)8-12/h3-9,11,17H,1-2H3.